The SMILES string of the molecule is CC1CN2CCCC2CN1C1(CN)CCCCC1(C)C. The summed E-state index contributed by atoms with van der Waals surface area (Å²) in [4.78, 5) is 5.56. The predicted molar refractivity (Wildman–Crippen MR) is 84.8 cm³/mol. The van der Waals surface area contributed by atoms with Crippen LogP contribution < -0.4 is 5.73 Å². The molecule has 3 fully saturated rings. The van der Waals surface area contributed by atoms with Crippen LogP contribution in [-0.4, -0.2) is 53.6 Å². The molecule has 1 aliphatic carbocycles. The van der Waals surface area contributed by atoms with Gasteiger partial charge in [0.25, 0.3) is 0 Å². The van der Waals surface area contributed by atoms with Crippen molar-refractivity contribution in [2.24, 2.45) is 11.1 Å². The van der Waals surface area contributed by atoms with E-state index in [9.17, 15) is 0 Å². The molecule has 3 atom stereocenters. The molecule has 0 aromatic carbocycles. The average Bonchev–Trinajstić information content (AvgIpc) is 2.85. The molecule has 0 aromatic rings. The van der Waals surface area contributed by atoms with E-state index in [4.69, 9.17) is 5.73 Å². The highest BCUT2D eigenvalue weighted by atomic mass is 15.4. The molecule has 0 aromatic heterocycles. The fraction of sp³-hybridized carbons (Fsp3) is 1.00. The maximum atomic E-state index is 6.39. The van der Waals surface area contributed by atoms with Gasteiger partial charge in [0.1, 0.15) is 0 Å². The van der Waals surface area contributed by atoms with Gasteiger partial charge in [-0.1, -0.05) is 26.7 Å². The van der Waals surface area contributed by atoms with Gasteiger partial charge >= 0.3 is 0 Å². The summed E-state index contributed by atoms with van der Waals surface area (Å²) in [5, 5.41) is 0. The third-order valence-corrected chi connectivity index (χ3v) is 6.73. The van der Waals surface area contributed by atoms with Gasteiger partial charge in [-0.3, -0.25) is 9.80 Å². The highest BCUT2D eigenvalue weighted by Gasteiger charge is 2.53. The van der Waals surface area contributed by atoms with Gasteiger partial charge < -0.3 is 5.73 Å². The Kier molecular flexibility index (Phi) is 3.89. The first-order valence-corrected chi connectivity index (χ1v) is 8.71. The zero-order chi connectivity index (χ0) is 14.4. The van der Waals surface area contributed by atoms with Crippen molar-refractivity contribution in [1.82, 2.24) is 9.80 Å². The number of piperazine rings is 1. The second-order valence-corrected chi connectivity index (χ2v) is 8.12. The summed E-state index contributed by atoms with van der Waals surface area (Å²) < 4.78 is 0. The van der Waals surface area contributed by atoms with Crippen LogP contribution in [0.1, 0.15) is 59.3 Å². The number of nitrogens with zero attached hydrogens (tertiary/aromatic N) is 2. The highest BCUT2D eigenvalue weighted by molar-refractivity contribution is 5.09. The lowest BCUT2D eigenvalue weighted by molar-refractivity contribution is -0.0980. The Balaban J connectivity index is 1.87. The molecule has 3 aliphatic rings. The molecule has 2 aliphatic heterocycles. The summed E-state index contributed by atoms with van der Waals surface area (Å²) in [6.45, 7) is 12.0. The Morgan fingerprint density at radius 3 is 2.55 bits per heavy atom. The van der Waals surface area contributed by atoms with Crippen LogP contribution in [0.15, 0.2) is 0 Å². The van der Waals surface area contributed by atoms with Gasteiger partial charge in [-0.2, -0.15) is 0 Å². The number of hydrogen-bond acceptors (Lipinski definition) is 3. The lowest BCUT2D eigenvalue weighted by atomic mass is 9.61. The van der Waals surface area contributed by atoms with Gasteiger partial charge in [-0.05, 0) is 44.6 Å². The van der Waals surface area contributed by atoms with Crippen LogP contribution in [0.3, 0.4) is 0 Å². The van der Waals surface area contributed by atoms with E-state index in [1.165, 1.54) is 58.2 Å². The van der Waals surface area contributed by atoms with Crippen LogP contribution in [0, 0.1) is 5.41 Å². The van der Waals surface area contributed by atoms with Crippen LogP contribution in [0.25, 0.3) is 0 Å². The molecule has 3 nitrogen and oxygen atoms in total. The van der Waals surface area contributed by atoms with Crippen molar-refractivity contribution in [3.8, 4) is 0 Å². The van der Waals surface area contributed by atoms with Crippen LogP contribution in [-0.2, 0) is 0 Å². The van der Waals surface area contributed by atoms with Gasteiger partial charge in [0, 0.05) is 37.3 Å². The molecule has 2 N–H and O–H groups in total. The Bertz CT molecular complexity index is 354. The first-order chi connectivity index (χ1) is 9.50. The molecule has 3 heteroatoms. The van der Waals surface area contributed by atoms with Crippen molar-refractivity contribution >= 4 is 0 Å². The Morgan fingerprint density at radius 1 is 1.10 bits per heavy atom. The van der Waals surface area contributed by atoms with Crippen molar-refractivity contribution in [3.63, 3.8) is 0 Å². The second kappa shape index (κ2) is 5.26. The number of fused-ring (bicyclic) bond motifs is 1. The minimum Gasteiger partial charge on any atom is -0.329 e. The summed E-state index contributed by atoms with van der Waals surface area (Å²) in [5.74, 6) is 0. The first-order valence-electron chi connectivity index (χ1n) is 8.71. The van der Waals surface area contributed by atoms with Crippen LogP contribution in [0.5, 0.6) is 0 Å². The minimum atomic E-state index is 0.235. The van der Waals surface area contributed by atoms with Crippen LogP contribution >= 0.6 is 0 Å². The molecule has 116 valence electrons. The molecule has 0 amide bonds. The second-order valence-electron chi connectivity index (χ2n) is 8.12. The number of rotatable bonds is 2. The lowest BCUT2D eigenvalue weighted by Crippen LogP contribution is -2.70. The molecule has 20 heavy (non-hydrogen) atoms. The molecular formula is C17H33N3. The van der Waals surface area contributed by atoms with Gasteiger partial charge in [0.2, 0.25) is 0 Å². The van der Waals surface area contributed by atoms with E-state index in [0.717, 1.165) is 12.6 Å². The fourth-order valence-corrected chi connectivity index (χ4v) is 5.37. The van der Waals surface area contributed by atoms with E-state index < -0.39 is 0 Å². The van der Waals surface area contributed by atoms with Gasteiger partial charge in [-0.15, -0.1) is 0 Å². The van der Waals surface area contributed by atoms with Gasteiger partial charge in [0.15, 0.2) is 0 Å². The summed E-state index contributed by atoms with van der Waals surface area (Å²) >= 11 is 0. The van der Waals surface area contributed by atoms with E-state index >= 15 is 0 Å². The van der Waals surface area contributed by atoms with Crippen LogP contribution in [0.4, 0.5) is 0 Å². The van der Waals surface area contributed by atoms with E-state index in [2.05, 4.69) is 30.6 Å². The number of hydrogen-bond donors (Lipinski definition) is 1. The van der Waals surface area contributed by atoms with Crippen molar-refractivity contribution < 1.29 is 0 Å². The molecule has 3 rings (SSSR count). The largest absolute Gasteiger partial charge is 0.329 e. The maximum Gasteiger partial charge on any atom is 0.0386 e. The quantitative estimate of drug-likeness (QED) is 0.843. The molecule has 2 saturated heterocycles. The monoisotopic (exact) mass is 279 g/mol. The Morgan fingerprint density at radius 2 is 1.85 bits per heavy atom. The average molecular weight is 279 g/mol. The standard InChI is InChI=1S/C17H33N3/c1-14-11-19-10-6-7-15(19)12-20(14)17(13-18)9-5-4-8-16(17,2)3/h14-15H,4-13,18H2,1-3H3. The number of nitrogens with two attached hydrogens (primary N) is 1. The van der Waals surface area contributed by atoms with Crippen molar-refractivity contribution in [2.75, 3.05) is 26.2 Å². The predicted octanol–water partition coefficient (Wildman–Crippen LogP) is 2.45. The molecule has 0 radical (unpaired) electrons. The molecule has 0 spiro atoms. The van der Waals surface area contributed by atoms with E-state index in [1.807, 2.05) is 0 Å². The highest BCUT2D eigenvalue weighted by Crippen LogP contribution is 2.48. The van der Waals surface area contributed by atoms with Gasteiger partial charge in [0.05, 0.1) is 0 Å². The third-order valence-electron chi connectivity index (χ3n) is 6.73. The zero-order valence-corrected chi connectivity index (χ0v) is 13.7. The first kappa shape index (κ1) is 14.8. The van der Waals surface area contributed by atoms with Crippen molar-refractivity contribution in [3.05, 3.63) is 0 Å². The molecule has 1 saturated carbocycles. The molecule has 3 unspecified atom stereocenters. The fourth-order valence-electron chi connectivity index (χ4n) is 5.37. The summed E-state index contributed by atoms with van der Waals surface area (Å²) in [6, 6.07) is 1.46. The molecular weight excluding hydrogens is 246 g/mol. The van der Waals surface area contributed by atoms with Crippen molar-refractivity contribution in [2.45, 2.75) is 76.9 Å². The summed E-state index contributed by atoms with van der Waals surface area (Å²) in [6.07, 6.45) is 8.16. The van der Waals surface area contributed by atoms with Crippen molar-refractivity contribution in [1.29, 1.82) is 0 Å². The minimum absolute atomic E-state index is 0.235. The topological polar surface area (TPSA) is 32.5 Å². The molecule has 2 heterocycles. The Labute approximate surface area is 124 Å². The van der Waals surface area contributed by atoms with E-state index in [0.29, 0.717) is 11.5 Å². The van der Waals surface area contributed by atoms with E-state index in [1.54, 1.807) is 0 Å². The lowest BCUT2D eigenvalue weighted by Gasteiger charge is -2.60. The third kappa shape index (κ3) is 2.13. The Hall–Kier alpha value is -0.120. The maximum absolute atomic E-state index is 6.39. The summed E-state index contributed by atoms with van der Waals surface area (Å²) in [7, 11) is 0. The van der Waals surface area contributed by atoms with Gasteiger partial charge in [-0.25, -0.2) is 0 Å². The van der Waals surface area contributed by atoms with Crippen LogP contribution in [0.2, 0.25) is 0 Å². The zero-order valence-electron chi connectivity index (χ0n) is 13.7. The smallest absolute Gasteiger partial charge is 0.0386 e. The normalized spacial score (nSPS) is 42.6. The molecule has 0 bridgehead atoms. The van der Waals surface area contributed by atoms with E-state index in [-0.39, 0.29) is 5.54 Å². The summed E-state index contributed by atoms with van der Waals surface area (Å²) in [5.41, 5.74) is 6.98.